The van der Waals surface area contributed by atoms with E-state index < -0.39 is 0 Å². The molecule has 5 nitrogen and oxygen atoms in total. The molecule has 7 heteroatoms. The Labute approximate surface area is 125 Å². The first-order valence-corrected chi connectivity index (χ1v) is 7.32. The van der Waals surface area contributed by atoms with Gasteiger partial charge in [-0.1, -0.05) is 23.9 Å². The summed E-state index contributed by atoms with van der Waals surface area (Å²) in [5.74, 6) is 0.804. The molecular weight excluding hydrogens is 291 g/mol. The van der Waals surface area contributed by atoms with Crippen molar-refractivity contribution in [2.24, 2.45) is 7.05 Å². The summed E-state index contributed by atoms with van der Waals surface area (Å²) in [6, 6.07) is 8.24. The third kappa shape index (κ3) is 3.13. The van der Waals surface area contributed by atoms with E-state index in [2.05, 4.69) is 15.3 Å². The number of benzene rings is 1. The Hall–Kier alpha value is -2.15. The zero-order valence-corrected chi connectivity index (χ0v) is 12.4. The van der Waals surface area contributed by atoms with Gasteiger partial charge in [0.15, 0.2) is 0 Å². The minimum atomic E-state index is -0.241. The highest BCUT2D eigenvalue weighted by molar-refractivity contribution is 7.98. The molecule has 2 heterocycles. The molecule has 0 bridgehead atoms. The van der Waals surface area contributed by atoms with Crippen molar-refractivity contribution in [1.29, 1.82) is 0 Å². The molecule has 3 rings (SSSR count). The quantitative estimate of drug-likeness (QED) is 0.693. The van der Waals surface area contributed by atoms with Crippen LogP contribution in [0.5, 0.6) is 0 Å². The van der Waals surface area contributed by atoms with E-state index in [9.17, 15) is 4.39 Å². The van der Waals surface area contributed by atoms with Crippen molar-refractivity contribution in [2.45, 2.75) is 17.9 Å². The van der Waals surface area contributed by atoms with E-state index >= 15 is 0 Å². The van der Waals surface area contributed by atoms with Gasteiger partial charge in [0.2, 0.25) is 0 Å². The highest BCUT2D eigenvalue weighted by Gasteiger charge is 2.13. The van der Waals surface area contributed by atoms with Crippen LogP contribution in [0.3, 0.4) is 0 Å². The monoisotopic (exact) mass is 304 g/mol. The van der Waals surface area contributed by atoms with E-state index in [1.54, 1.807) is 16.8 Å². The molecule has 0 spiro atoms. The van der Waals surface area contributed by atoms with Crippen LogP contribution in [0.2, 0.25) is 0 Å². The normalized spacial score (nSPS) is 11.0. The van der Waals surface area contributed by atoms with Gasteiger partial charge < -0.3 is 4.42 Å². The summed E-state index contributed by atoms with van der Waals surface area (Å²) in [6.07, 6.45) is 0. The van der Waals surface area contributed by atoms with Crippen molar-refractivity contribution >= 4 is 11.8 Å². The van der Waals surface area contributed by atoms with Crippen LogP contribution in [0.15, 0.2) is 40.0 Å². The molecule has 0 aliphatic carbocycles. The van der Waals surface area contributed by atoms with Gasteiger partial charge in [-0.15, -0.1) is 10.2 Å². The second-order valence-electron chi connectivity index (χ2n) is 4.58. The fourth-order valence-electron chi connectivity index (χ4n) is 1.76. The Bertz CT molecular complexity index is 731. The molecule has 0 N–H and O–H groups in total. The average molecular weight is 304 g/mol. The maximum absolute atomic E-state index is 12.8. The lowest BCUT2D eigenvalue weighted by Crippen LogP contribution is -1.92. The zero-order valence-electron chi connectivity index (χ0n) is 11.6. The molecule has 0 atom stereocenters. The highest BCUT2D eigenvalue weighted by atomic mass is 32.2. The number of halogens is 1. The smallest absolute Gasteiger partial charge is 0.277 e. The van der Waals surface area contributed by atoms with Gasteiger partial charge >= 0.3 is 0 Å². The molecule has 21 heavy (non-hydrogen) atoms. The largest absolute Gasteiger partial charge is 0.410 e. The van der Waals surface area contributed by atoms with Crippen LogP contribution in [0.25, 0.3) is 11.6 Å². The van der Waals surface area contributed by atoms with E-state index in [1.165, 1.54) is 23.9 Å². The Kier molecular flexibility index (Phi) is 3.74. The molecule has 3 aromatic rings. The van der Waals surface area contributed by atoms with Gasteiger partial charge in [0, 0.05) is 18.5 Å². The van der Waals surface area contributed by atoms with Crippen LogP contribution in [0, 0.1) is 12.7 Å². The molecule has 1 aromatic carbocycles. The van der Waals surface area contributed by atoms with Crippen LogP contribution in [-0.4, -0.2) is 20.0 Å². The number of hydrogen-bond acceptors (Lipinski definition) is 5. The Balaban J connectivity index is 1.69. The molecule has 0 unspecified atom stereocenters. The van der Waals surface area contributed by atoms with Crippen LogP contribution in [-0.2, 0) is 12.8 Å². The maximum atomic E-state index is 12.8. The number of aryl methyl sites for hydroxylation is 2. The van der Waals surface area contributed by atoms with Crippen LogP contribution < -0.4 is 0 Å². The number of thioether (sulfide) groups is 1. The lowest BCUT2D eigenvalue weighted by molar-refractivity contribution is 0.464. The zero-order chi connectivity index (χ0) is 14.8. The van der Waals surface area contributed by atoms with Crippen molar-refractivity contribution < 1.29 is 8.81 Å². The Morgan fingerprint density at radius 2 is 2.00 bits per heavy atom. The first-order chi connectivity index (χ1) is 10.1. The fourth-order valence-corrected chi connectivity index (χ4v) is 2.48. The average Bonchev–Trinajstić information content (AvgIpc) is 3.06. The van der Waals surface area contributed by atoms with Crippen LogP contribution >= 0.6 is 11.8 Å². The minimum absolute atomic E-state index is 0.241. The number of nitrogens with zero attached hydrogens (tertiary/aromatic N) is 4. The predicted molar refractivity (Wildman–Crippen MR) is 77.2 cm³/mol. The lowest BCUT2D eigenvalue weighted by Gasteiger charge is -1.97. The SMILES string of the molecule is Cc1cc(-c2nnc(SCc3ccc(F)cc3)o2)nn1C. The molecule has 0 radical (unpaired) electrons. The molecule has 0 aliphatic rings. The van der Waals surface area contributed by atoms with E-state index in [0.717, 1.165) is 11.3 Å². The first-order valence-electron chi connectivity index (χ1n) is 6.33. The van der Waals surface area contributed by atoms with Crippen LogP contribution in [0.1, 0.15) is 11.3 Å². The topological polar surface area (TPSA) is 56.7 Å². The predicted octanol–water partition coefficient (Wildman–Crippen LogP) is 3.21. The number of aromatic nitrogens is 4. The summed E-state index contributed by atoms with van der Waals surface area (Å²) in [6.45, 7) is 1.96. The molecular formula is C14H13FN4OS. The van der Waals surface area contributed by atoms with Gasteiger partial charge in [-0.05, 0) is 30.7 Å². The van der Waals surface area contributed by atoms with Gasteiger partial charge in [0.05, 0.1) is 0 Å². The maximum Gasteiger partial charge on any atom is 0.277 e. The summed E-state index contributed by atoms with van der Waals surface area (Å²) in [5.41, 5.74) is 2.68. The van der Waals surface area contributed by atoms with Crippen molar-refractivity contribution in [3.63, 3.8) is 0 Å². The van der Waals surface area contributed by atoms with Crippen LogP contribution in [0.4, 0.5) is 4.39 Å². The van der Waals surface area contributed by atoms with Gasteiger partial charge in [0.25, 0.3) is 11.1 Å². The van der Waals surface area contributed by atoms with Gasteiger partial charge in [-0.2, -0.15) is 5.10 Å². The molecule has 0 saturated heterocycles. The third-order valence-electron chi connectivity index (χ3n) is 3.01. The standard InChI is InChI=1S/C14H13FN4OS/c1-9-7-12(18-19(9)2)13-16-17-14(20-13)21-8-10-3-5-11(15)6-4-10/h3-7H,8H2,1-2H3. The van der Waals surface area contributed by atoms with Crippen molar-refractivity contribution in [3.8, 4) is 11.6 Å². The van der Waals surface area contributed by atoms with E-state index in [1.807, 2.05) is 20.0 Å². The molecule has 0 fully saturated rings. The van der Waals surface area contributed by atoms with E-state index in [4.69, 9.17) is 4.42 Å². The third-order valence-corrected chi connectivity index (χ3v) is 3.90. The van der Waals surface area contributed by atoms with Gasteiger partial charge in [-0.3, -0.25) is 4.68 Å². The molecule has 2 aromatic heterocycles. The lowest BCUT2D eigenvalue weighted by atomic mass is 10.2. The Morgan fingerprint density at radius 1 is 1.24 bits per heavy atom. The van der Waals surface area contributed by atoms with Gasteiger partial charge in [-0.25, -0.2) is 4.39 Å². The second-order valence-corrected chi connectivity index (χ2v) is 5.51. The molecule has 0 saturated carbocycles. The molecule has 0 amide bonds. The van der Waals surface area contributed by atoms with E-state index in [0.29, 0.717) is 22.6 Å². The van der Waals surface area contributed by atoms with E-state index in [-0.39, 0.29) is 5.82 Å². The summed E-state index contributed by atoms with van der Waals surface area (Å²) < 4.78 is 20.1. The molecule has 108 valence electrons. The minimum Gasteiger partial charge on any atom is -0.410 e. The summed E-state index contributed by atoms with van der Waals surface area (Å²) in [7, 11) is 1.86. The fraction of sp³-hybridized carbons (Fsp3) is 0.214. The number of hydrogen-bond donors (Lipinski definition) is 0. The second kappa shape index (κ2) is 5.69. The molecule has 0 aliphatic heterocycles. The first kappa shape index (κ1) is 13.8. The highest BCUT2D eigenvalue weighted by Crippen LogP contribution is 2.25. The van der Waals surface area contributed by atoms with Crippen molar-refractivity contribution in [3.05, 3.63) is 47.4 Å². The van der Waals surface area contributed by atoms with Crippen molar-refractivity contribution in [2.75, 3.05) is 0 Å². The number of rotatable bonds is 4. The summed E-state index contributed by atoms with van der Waals surface area (Å²) in [4.78, 5) is 0. The summed E-state index contributed by atoms with van der Waals surface area (Å²) >= 11 is 1.41. The van der Waals surface area contributed by atoms with Crippen molar-refractivity contribution in [1.82, 2.24) is 20.0 Å². The summed E-state index contributed by atoms with van der Waals surface area (Å²) in [5, 5.41) is 12.7. The Morgan fingerprint density at radius 3 is 2.67 bits per heavy atom. The van der Waals surface area contributed by atoms with Gasteiger partial charge in [0.1, 0.15) is 11.5 Å².